The van der Waals surface area contributed by atoms with E-state index in [0.717, 1.165) is 12.0 Å². The summed E-state index contributed by atoms with van der Waals surface area (Å²) in [4.78, 5) is 0. The van der Waals surface area contributed by atoms with Gasteiger partial charge in [0.1, 0.15) is 5.75 Å². The van der Waals surface area contributed by atoms with Crippen molar-refractivity contribution in [2.45, 2.75) is 26.6 Å². The zero-order valence-electron chi connectivity index (χ0n) is 8.53. The molecule has 0 radical (unpaired) electrons. The highest BCUT2D eigenvalue weighted by Gasteiger charge is 2.10. The molecule has 0 aromatic heterocycles. The summed E-state index contributed by atoms with van der Waals surface area (Å²) in [6, 6.07) is 5.46. The highest BCUT2D eigenvalue weighted by atomic mass is 16.5. The van der Waals surface area contributed by atoms with Gasteiger partial charge >= 0.3 is 0 Å². The molecule has 1 aromatic rings. The molecule has 0 bridgehead atoms. The Kier molecular flexibility index (Phi) is 3.92. The molecule has 2 N–H and O–H groups in total. The highest BCUT2D eigenvalue weighted by molar-refractivity contribution is 5.38. The first-order valence-corrected chi connectivity index (χ1v) is 4.80. The molecule has 3 heteroatoms. The first-order valence-electron chi connectivity index (χ1n) is 4.80. The zero-order valence-corrected chi connectivity index (χ0v) is 8.53. The minimum Gasteiger partial charge on any atom is -0.493 e. The number of rotatable bonds is 4. The second-order valence-corrected chi connectivity index (χ2v) is 3.03. The number of aliphatic hydroxyl groups excluding tert-OH is 1. The SMILES string of the molecule is CCOc1ccc(CC)cc1C(O)O. The summed E-state index contributed by atoms with van der Waals surface area (Å²) in [6.07, 6.45) is -0.602. The van der Waals surface area contributed by atoms with E-state index >= 15 is 0 Å². The van der Waals surface area contributed by atoms with Gasteiger partial charge in [-0.25, -0.2) is 0 Å². The largest absolute Gasteiger partial charge is 0.493 e. The molecular weight excluding hydrogens is 180 g/mol. The lowest BCUT2D eigenvalue weighted by atomic mass is 10.1. The lowest BCUT2D eigenvalue weighted by Crippen LogP contribution is -2.02. The lowest BCUT2D eigenvalue weighted by molar-refractivity contribution is -0.0441. The van der Waals surface area contributed by atoms with E-state index < -0.39 is 6.29 Å². The van der Waals surface area contributed by atoms with E-state index in [4.69, 9.17) is 14.9 Å². The molecule has 0 aliphatic rings. The second-order valence-electron chi connectivity index (χ2n) is 3.03. The van der Waals surface area contributed by atoms with E-state index in [9.17, 15) is 0 Å². The van der Waals surface area contributed by atoms with Crippen molar-refractivity contribution in [2.24, 2.45) is 0 Å². The van der Waals surface area contributed by atoms with Crippen LogP contribution in [0.5, 0.6) is 5.75 Å². The van der Waals surface area contributed by atoms with Crippen molar-refractivity contribution >= 4 is 0 Å². The van der Waals surface area contributed by atoms with Crippen molar-refractivity contribution in [3.8, 4) is 5.75 Å². The zero-order chi connectivity index (χ0) is 10.6. The molecule has 14 heavy (non-hydrogen) atoms. The van der Waals surface area contributed by atoms with E-state index in [2.05, 4.69) is 0 Å². The van der Waals surface area contributed by atoms with E-state index in [1.807, 2.05) is 19.9 Å². The third-order valence-corrected chi connectivity index (χ3v) is 2.06. The Labute approximate surface area is 84.0 Å². The number of aliphatic hydroxyl groups is 2. The van der Waals surface area contributed by atoms with E-state index in [1.165, 1.54) is 0 Å². The summed E-state index contributed by atoms with van der Waals surface area (Å²) in [5.74, 6) is 0.541. The van der Waals surface area contributed by atoms with Crippen molar-refractivity contribution in [1.29, 1.82) is 0 Å². The molecule has 0 atom stereocenters. The maximum atomic E-state index is 9.13. The van der Waals surface area contributed by atoms with Crippen LogP contribution in [-0.4, -0.2) is 16.8 Å². The molecule has 3 nitrogen and oxygen atoms in total. The maximum Gasteiger partial charge on any atom is 0.182 e. The minimum atomic E-state index is -1.47. The highest BCUT2D eigenvalue weighted by Crippen LogP contribution is 2.25. The van der Waals surface area contributed by atoms with Gasteiger partial charge < -0.3 is 14.9 Å². The van der Waals surface area contributed by atoms with Crippen LogP contribution < -0.4 is 4.74 Å². The van der Waals surface area contributed by atoms with E-state index in [-0.39, 0.29) is 0 Å². The van der Waals surface area contributed by atoms with Crippen LogP contribution in [-0.2, 0) is 6.42 Å². The number of hydrogen-bond donors (Lipinski definition) is 2. The number of ether oxygens (including phenoxy) is 1. The van der Waals surface area contributed by atoms with Crippen molar-refractivity contribution in [3.05, 3.63) is 29.3 Å². The van der Waals surface area contributed by atoms with Gasteiger partial charge in [0.2, 0.25) is 0 Å². The molecule has 0 saturated heterocycles. The van der Waals surface area contributed by atoms with Crippen LogP contribution >= 0.6 is 0 Å². The summed E-state index contributed by atoms with van der Waals surface area (Å²) in [7, 11) is 0. The van der Waals surface area contributed by atoms with Gasteiger partial charge in [-0.15, -0.1) is 0 Å². The van der Waals surface area contributed by atoms with Crippen LogP contribution in [0.25, 0.3) is 0 Å². The quantitative estimate of drug-likeness (QED) is 0.719. The summed E-state index contributed by atoms with van der Waals surface area (Å²) in [5.41, 5.74) is 1.50. The van der Waals surface area contributed by atoms with Gasteiger partial charge in [0, 0.05) is 5.56 Å². The van der Waals surface area contributed by atoms with E-state index in [1.54, 1.807) is 12.1 Å². The standard InChI is InChI=1S/C11H16O3/c1-3-8-5-6-10(14-4-2)9(7-8)11(12)13/h5-7,11-13H,3-4H2,1-2H3. The Morgan fingerprint density at radius 3 is 2.50 bits per heavy atom. The van der Waals surface area contributed by atoms with Gasteiger partial charge in [0.25, 0.3) is 0 Å². The Morgan fingerprint density at radius 2 is 2.00 bits per heavy atom. The maximum absolute atomic E-state index is 9.13. The van der Waals surface area contributed by atoms with Crippen LogP contribution in [0.2, 0.25) is 0 Å². The Hall–Kier alpha value is -1.06. The van der Waals surface area contributed by atoms with Crippen molar-refractivity contribution < 1.29 is 14.9 Å². The van der Waals surface area contributed by atoms with Crippen LogP contribution in [0.15, 0.2) is 18.2 Å². The Bertz CT molecular complexity index is 295. The molecule has 0 amide bonds. The predicted molar refractivity (Wildman–Crippen MR) is 54.2 cm³/mol. The fourth-order valence-corrected chi connectivity index (χ4v) is 1.31. The fourth-order valence-electron chi connectivity index (χ4n) is 1.31. The van der Waals surface area contributed by atoms with Gasteiger partial charge in [-0.2, -0.15) is 0 Å². The molecule has 0 spiro atoms. The number of hydrogen-bond acceptors (Lipinski definition) is 3. The first-order chi connectivity index (χ1) is 6.69. The monoisotopic (exact) mass is 196 g/mol. The third-order valence-electron chi connectivity index (χ3n) is 2.06. The molecule has 0 fully saturated rings. The lowest BCUT2D eigenvalue weighted by Gasteiger charge is -2.12. The second kappa shape index (κ2) is 4.98. The normalized spacial score (nSPS) is 10.6. The van der Waals surface area contributed by atoms with Gasteiger partial charge in [-0.1, -0.05) is 13.0 Å². The summed E-state index contributed by atoms with van der Waals surface area (Å²) < 4.78 is 5.28. The van der Waals surface area contributed by atoms with Gasteiger partial charge in [0.15, 0.2) is 6.29 Å². The number of aryl methyl sites for hydroxylation is 1. The van der Waals surface area contributed by atoms with Crippen molar-refractivity contribution in [3.63, 3.8) is 0 Å². The fraction of sp³-hybridized carbons (Fsp3) is 0.455. The molecular formula is C11H16O3. The molecule has 1 rings (SSSR count). The minimum absolute atomic E-state index is 0.436. The molecule has 1 aromatic carbocycles. The summed E-state index contributed by atoms with van der Waals surface area (Å²) in [6.45, 7) is 4.40. The molecule has 0 saturated carbocycles. The summed E-state index contributed by atoms with van der Waals surface area (Å²) >= 11 is 0. The average molecular weight is 196 g/mol. The average Bonchev–Trinajstić information content (AvgIpc) is 2.18. The van der Waals surface area contributed by atoms with Crippen molar-refractivity contribution in [2.75, 3.05) is 6.61 Å². The summed E-state index contributed by atoms with van der Waals surface area (Å²) in [5, 5.41) is 18.3. The van der Waals surface area contributed by atoms with Gasteiger partial charge in [-0.05, 0) is 31.0 Å². The van der Waals surface area contributed by atoms with Crippen LogP contribution in [0.3, 0.4) is 0 Å². The van der Waals surface area contributed by atoms with Crippen molar-refractivity contribution in [1.82, 2.24) is 0 Å². The molecule has 0 heterocycles. The molecule has 0 aliphatic heterocycles. The van der Waals surface area contributed by atoms with Crippen LogP contribution in [0, 0.1) is 0 Å². The third kappa shape index (κ3) is 2.47. The van der Waals surface area contributed by atoms with Gasteiger partial charge in [-0.3, -0.25) is 0 Å². The first kappa shape index (κ1) is 11.0. The number of benzene rings is 1. The predicted octanol–water partition coefficient (Wildman–Crippen LogP) is 1.63. The Balaban J connectivity index is 3.03. The van der Waals surface area contributed by atoms with Crippen LogP contribution in [0.4, 0.5) is 0 Å². The topological polar surface area (TPSA) is 49.7 Å². The molecule has 0 unspecified atom stereocenters. The van der Waals surface area contributed by atoms with Gasteiger partial charge in [0.05, 0.1) is 6.61 Å². The molecule has 0 aliphatic carbocycles. The molecule has 78 valence electrons. The Morgan fingerprint density at radius 1 is 1.29 bits per heavy atom. The smallest absolute Gasteiger partial charge is 0.182 e. The van der Waals surface area contributed by atoms with E-state index in [0.29, 0.717) is 17.9 Å². The van der Waals surface area contributed by atoms with Crippen LogP contribution in [0.1, 0.15) is 31.3 Å².